The van der Waals surface area contributed by atoms with E-state index in [4.69, 9.17) is 19.6 Å². The van der Waals surface area contributed by atoms with Gasteiger partial charge in [-0.05, 0) is 5.92 Å². The number of nitrogens with zero attached hydrogens (tertiary/aromatic N) is 1. The Labute approximate surface area is 147 Å². The summed E-state index contributed by atoms with van der Waals surface area (Å²) in [5.41, 5.74) is 5.84. The lowest BCUT2D eigenvalue weighted by atomic mass is 9.99. The van der Waals surface area contributed by atoms with Crippen LogP contribution in [0.5, 0.6) is 0 Å². The Bertz CT molecular complexity index is 572. The molecule has 1 fully saturated rings. The maximum absolute atomic E-state index is 11.7. The van der Waals surface area contributed by atoms with Gasteiger partial charge in [0.1, 0.15) is 0 Å². The third-order valence-corrected chi connectivity index (χ3v) is 5.79. The summed E-state index contributed by atoms with van der Waals surface area (Å²) in [7, 11) is -10.6. The van der Waals surface area contributed by atoms with Crippen molar-refractivity contribution < 1.29 is 35.5 Å². The first-order valence-corrected chi connectivity index (χ1v) is 11.1. The summed E-state index contributed by atoms with van der Waals surface area (Å²) >= 11 is 0. The molecule has 25 heavy (non-hydrogen) atoms. The van der Waals surface area contributed by atoms with Crippen LogP contribution in [0.25, 0.3) is 0 Å². The zero-order chi connectivity index (χ0) is 19.7. The number of hydrogen-bond donors (Lipinski definition) is 4. The summed E-state index contributed by atoms with van der Waals surface area (Å²) < 4.78 is 57.7. The van der Waals surface area contributed by atoms with E-state index in [1.165, 1.54) is 0 Å². The minimum absolute atomic E-state index is 0.0346. The van der Waals surface area contributed by atoms with E-state index >= 15 is 0 Å². The minimum Gasteiger partial charge on any atom is -0.379 e. The number of carbonyl (C=O) groups is 1. The summed E-state index contributed by atoms with van der Waals surface area (Å²) in [6.07, 6.45) is 0.929. The van der Waals surface area contributed by atoms with E-state index in [1.54, 1.807) is 0 Å². The largest absolute Gasteiger partial charge is 0.397 e. The Hall–Kier alpha value is -0.830. The smallest absolute Gasteiger partial charge is 0.379 e. The van der Waals surface area contributed by atoms with E-state index in [-0.39, 0.29) is 17.9 Å². The molecule has 0 bridgehead atoms. The molecule has 0 aromatic rings. The number of rotatable bonds is 7. The molecule has 0 aromatic carbocycles. The molecule has 1 rings (SSSR count). The minimum atomic E-state index is -5.31. The van der Waals surface area contributed by atoms with E-state index in [0.717, 1.165) is 39.3 Å². The molecule has 13 heteroatoms. The van der Waals surface area contributed by atoms with Gasteiger partial charge in [-0.25, -0.2) is 0 Å². The zero-order valence-electron chi connectivity index (χ0n) is 14.3. The van der Waals surface area contributed by atoms with Gasteiger partial charge in [0.05, 0.1) is 19.3 Å². The van der Waals surface area contributed by atoms with Crippen LogP contribution >= 0.6 is 0 Å². The van der Waals surface area contributed by atoms with E-state index in [0.29, 0.717) is 6.54 Å². The van der Waals surface area contributed by atoms with Gasteiger partial charge in [0.2, 0.25) is 5.91 Å². The van der Waals surface area contributed by atoms with Gasteiger partial charge in [0, 0.05) is 26.2 Å². The summed E-state index contributed by atoms with van der Waals surface area (Å²) in [6.45, 7) is 9.09. The Balaban J connectivity index is 0.000000609. The summed E-state index contributed by atoms with van der Waals surface area (Å²) in [4.78, 5) is 14.0. The van der Waals surface area contributed by atoms with Crippen molar-refractivity contribution in [1.82, 2.24) is 10.2 Å². The fraction of sp³-hybridized carbons (Fsp3) is 0.917. The van der Waals surface area contributed by atoms with Crippen LogP contribution < -0.4 is 11.1 Å². The van der Waals surface area contributed by atoms with Crippen molar-refractivity contribution in [1.29, 1.82) is 0 Å². The molecule has 0 aromatic heterocycles. The first-order valence-electron chi connectivity index (χ1n) is 7.68. The highest BCUT2D eigenvalue weighted by Gasteiger charge is 2.22. The first-order chi connectivity index (χ1) is 11.4. The van der Waals surface area contributed by atoms with E-state index < -0.39 is 18.3 Å². The van der Waals surface area contributed by atoms with Crippen molar-refractivity contribution in [2.24, 2.45) is 11.7 Å². The van der Waals surface area contributed by atoms with Crippen LogP contribution in [0, 0.1) is 5.92 Å². The van der Waals surface area contributed by atoms with Crippen molar-refractivity contribution in [2.45, 2.75) is 26.3 Å². The van der Waals surface area contributed by atoms with Gasteiger partial charge >= 0.3 is 18.3 Å². The van der Waals surface area contributed by atoms with Gasteiger partial charge in [0.25, 0.3) is 0 Å². The Morgan fingerprint density at radius 2 is 1.68 bits per heavy atom. The lowest BCUT2D eigenvalue weighted by molar-refractivity contribution is -0.123. The number of amides is 1. The van der Waals surface area contributed by atoms with Crippen LogP contribution in [-0.2, 0) is 27.8 Å². The van der Waals surface area contributed by atoms with E-state index in [2.05, 4.69) is 10.2 Å². The molecular weight excluding hydrogens is 378 g/mol. The number of nitrogens with two attached hydrogens (primary N) is 1. The van der Waals surface area contributed by atoms with Crippen molar-refractivity contribution in [3.8, 4) is 0 Å². The standard InChI is InChI=1S/C12H25N3O2.H2O6S2/c1-3-10(2)11(13)12(16)14-4-5-15-6-8-17-9-7-15;1-7(2,3)8(4,5)6/h10-11H,3-9,13H2,1-2H3,(H,14,16);(H,1,2,3)(H,4,5,6). The second-order valence-electron chi connectivity index (χ2n) is 5.51. The monoisotopic (exact) mass is 405 g/mol. The lowest BCUT2D eigenvalue weighted by Gasteiger charge is -2.27. The number of nitrogens with one attached hydrogen (secondary N) is 1. The van der Waals surface area contributed by atoms with Gasteiger partial charge in [-0.2, -0.15) is 16.8 Å². The molecule has 1 heterocycles. The summed E-state index contributed by atoms with van der Waals surface area (Å²) in [5.74, 6) is 0.200. The van der Waals surface area contributed by atoms with E-state index in [9.17, 15) is 21.6 Å². The Morgan fingerprint density at radius 3 is 2.08 bits per heavy atom. The molecule has 5 N–H and O–H groups in total. The molecule has 0 radical (unpaired) electrons. The zero-order valence-corrected chi connectivity index (χ0v) is 15.9. The maximum atomic E-state index is 11.7. The number of ether oxygens (including phenoxy) is 1. The third kappa shape index (κ3) is 10.0. The fourth-order valence-electron chi connectivity index (χ4n) is 1.79. The number of hydrogen-bond acceptors (Lipinski definition) is 8. The predicted octanol–water partition coefficient (Wildman–Crippen LogP) is -1.51. The van der Waals surface area contributed by atoms with Gasteiger partial charge in [-0.3, -0.25) is 18.8 Å². The van der Waals surface area contributed by atoms with Crippen LogP contribution in [0.1, 0.15) is 20.3 Å². The molecule has 2 unspecified atom stereocenters. The fourth-order valence-corrected chi connectivity index (χ4v) is 1.79. The van der Waals surface area contributed by atoms with Crippen LogP contribution in [0.4, 0.5) is 0 Å². The maximum Gasteiger partial charge on any atom is 0.397 e. The average molecular weight is 405 g/mol. The number of carbonyl (C=O) groups excluding carboxylic acids is 1. The second kappa shape index (κ2) is 11.0. The lowest BCUT2D eigenvalue weighted by Crippen LogP contribution is -2.47. The van der Waals surface area contributed by atoms with Crippen molar-refractivity contribution in [3.05, 3.63) is 0 Å². The molecule has 2 atom stereocenters. The average Bonchev–Trinajstić information content (AvgIpc) is 2.53. The Morgan fingerprint density at radius 1 is 1.20 bits per heavy atom. The van der Waals surface area contributed by atoms with E-state index in [1.807, 2.05) is 13.8 Å². The van der Waals surface area contributed by atoms with Crippen molar-refractivity contribution in [3.63, 3.8) is 0 Å². The molecule has 1 aliphatic heterocycles. The molecule has 0 saturated carbocycles. The molecular formula is C12H27N3O8S2. The van der Waals surface area contributed by atoms with Gasteiger partial charge in [-0.1, -0.05) is 20.3 Å². The predicted molar refractivity (Wildman–Crippen MR) is 90.8 cm³/mol. The van der Waals surface area contributed by atoms with Crippen LogP contribution in [0.2, 0.25) is 0 Å². The molecule has 1 amide bonds. The second-order valence-corrected chi connectivity index (χ2v) is 9.75. The molecule has 150 valence electrons. The van der Waals surface area contributed by atoms with Crippen LogP contribution in [0.15, 0.2) is 0 Å². The van der Waals surface area contributed by atoms with Crippen molar-refractivity contribution >= 4 is 24.2 Å². The first kappa shape index (κ1) is 24.2. The molecule has 11 nitrogen and oxygen atoms in total. The van der Waals surface area contributed by atoms with Crippen molar-refractivity contribution in [2.75, 3.05) is 39.4 Å². The number of morpholine rings is 1. The SMILES string of the molecule is CCC(C)C(N)C(=O)NCCN1CCOCC1.O=S(=O)(O)S(=O)(=O)O. The summed E-state index contributed by atoms with van der Waals surface area (Å²) in [6, 6.07) is -0.385. The van der Waals surface area contributed by atoms with Crippen LogP contribution in [-0.4, -0.2) is 82.2 Å². The third-order valence-electron chi connectivity index (χ3n) is 3.66. The molecule has 1 saturated heterocycles. The highest BCUT2D eigenvalue weighted by atomic mass is 33.2. The topological polar surface area (TPSA) is 176 Å². The normalized spacial score (nSPS) is 18.6. The highest BCUT2D eigenvalue weighted by molar-refractivity contribution is 8.62. The Kier molecular flexibility index (Phi) is 10.6. The molecule has 1 aliphatic rings. The summed E-state index contributed by atoms with van der Waals surface area (Å²) in [5, 5.41) is 2.90. The quantitative estimate of drug-likeness (QED) is 0.287. The molecule has 0 aliphatic carbocycles. The van der Waals surface area contributed by atoms with Gasteiger partial charge in [-0.15, -0.1) is 0 Å². The van der Waals surface area contributed by atoms with Gasteiger partial charge < -0.3 is 15.8 Å². The van der Waals surface area contributed by atoms with Crippen LogP contribution in [0.3, 0.4) is 0 Å². The highest BCUT2D eigenvalue weighted by Crippen LogP contribution is 2.04. The van der Waals surface area contributed by atoms with Gasteiger partial charge in [0.15, 0.2) is 0 Å². The molecule has 0 spiro atoms.